The van der Waals surface area contributed by atoms with E-state index in [1.807, 2.05) is 0 Å². The number of hydrogen-bond acceptors (Lipinski definition) is 6. The summed E-state index contributed by atoms with van der Waals surface area (Å²) in [6, 6.07) is 8.86. The van der Waals surface area contributed by atoms with Crippen LogP contribution >= 0.6 is 11.6 Å². The van der Waals surface area contributed by atoms with E-state index in [9.17, 15) is 18.4 Å². The normalized spacial score (nSPS) is 20.7. The van der Waals surface area contributed by atoms with Crippen LogP contribution in [0.3, 0.4) is 0 Å². The summed E-state index contributed by atoms with van der Waals surface area (Å²) in [5.41, 5.74) is 3.06. The zero-order chi connectivity index (χ0) is 22.1. The number of carbonyl (C=O) groups is 2. The molecule has 2 aliphatic heterocycles. The van der Waals surface area contributed by atoms with Crippen molar-refractivity contribution in [2.45, 2.75) is 18.8 Å². The fraction of sp³-hybridized carbons (Fsp3) is 0.200. The molecule has 2 heterocycles. The molecule has 0 aliphatic carbocycles. The highest BCUT2D eigenvalue weighted by atomic mass is 35.5. The third kappa shape index (κ3) is 3.93. The van der Waals surface area contributed by atoms with Crippen molar-refractivity contribution in [2.24, 2.45) is 10.1 Å². The monoisotopic (exact) mass is 446 g/mol. The number of urea groups is 1. The summed E-state index contributed by atoms with van der Waals surface area (Å²) in [6.07, 6.45) is 0.348. The lowest BCUT2D eigenvalue weighted by molar-refractivity contribution is -0.127. The molecule has 31 heavy (non-hydrogen) atoms. The number of hydrazone groups is 1. The van der Waals surface area contributed by atoms with E-state index in [-0.39, 0.29) is 23.1 Å². The van der Waals surface area contributed by atoms with Gasteiger partial charge in [-0.3, -0.25) is 10.1 Å². The Bertz CT molecular complexity index is 1090. The smallest absolute Gasteiger partial charge is 0.321 e. The highest BCUT2D eigenvalue weighted by Gasteiger charge is 2.48. The molecule has 0 radical (unpaired) electrons. The van der Waals surface area contributed by atoms with Crippen LogP contribution < -0.4 is 10.7 Å². The van der Waals surface area contributed by atoms with Gasteiger partial charge in [-0.1, -0.05) is 35.9 Å². The SMILES string of the molecule is CN1C(=O)NC(=O)C2C1N=C(N/N=C/c1c(F)cccc1Cl)N2Cc1ccccc1F. The van der Waals surface area contributed by atoms with Crippen molar-refractivity contribution in [1.82, 2.24) is 20.5 Å². The van der Waals surface area contributed by atoms with Gasteiger partial charge in [-0.05, 0) is 18.2 Å². The number of nitrogens with one attached hydrogen (secondary N) is 2. The largest absolute Gasteiger partial charge is 0.325 e. The van der Waals surface area contributed by atoms with Gasteiger partial charge in [0.25, 0.3) is 5.91 Å². The predicted octanol–water partition coefficient (Wildman–Crippen LogP) is 2.29. The molecule has 2 unspecified atom stereocenters. The van der Waals surface area contributed by atoms with Crippen LogP contribution in [-0.2, 0) is 11.3 Å². The van der Waals surface area contributed by atoms with Gasteiger partial charge in [-0.25, -0.2) is 24.0 Å². The Balaban J connectivity index is 1.64. The fourth-order valence-corrected chi connectivity index (χ4v) is 3.60. The Morgan fingerprint density at radius 2 is 1.94 bits per heavy atom. The molecule has 4 rings (SSSR count). The number of likely N-dealkylation sites (N-methyl/N-ethyl adjacent to an activating group) is 1. The van der Waals surface area contributed by atoms with Gasteiger partial charge in [0.05, 0.1) is 11.2 Å². The standard InChI is InChI=1S/C20H17ClF2N6O2/c1-28-17-16(18(30)26-20(28)31)29(10-11-5-2-3-7-14(11)22)19(25-17)27-24-9-12-13(21)6-4-8-15(12)23/h2-9,16-17H,10H2,1H3,(H,25,27)(H,26,30,31)/b24-9+. The molecule has 2 N–H and O–H groups in total. The van der Waals surface area contributed by atoms with E-state index >= 15 is 0 Å². The van der Waals surface area contributed by atoms with Crippen LogP contribution in [0.2, 0.25) is 5.02 Å². The van der Waals surface area contributed by atoms with E-state index in [1.54, 1.807) is 18.2 Å². The first-order chi connectivity index (χ1) is 14.9. The van der Waals surface area contributed by atoms with E-state index in [2.05, 4.69) is 20.8 Å². The maximum Gasteiger partial charge on any atom is 0.325 e. The number of aliphatic imine (C=N–C) groups is 1. The summed E-state index contributed by atoms with van der Waals surface area (Å²) in [7, 11) is 1.50. The van der Waals surface area contributed by atoms with Gasteiger partial charge >= 0.3 is 6.03 Å². The third-order valence-corrected chi connectivity index (χ3v) is 5.35. The van der Waals surface area contributed by atoms with Gasteiger partial charge in [0.2, 0.25) is 5.96 Å². The van der Waals surface area contributed by atoms with Gasteiger partial charge in [0.15, 0.2) is 12.2 Å². The van der Waals surface area contributed by atoms with Crippen LogP contribution in [0, 0.1) is 11.6 Å². The third-order valence-electron chi connectivity index (χ3n) is 5.02. The lowest BCUT2D eigenvalue weighted by Crippen LogP contribution is -2.63. The van der Waals surface area contributed by atoms with Crippen molar-refractivity contribution in [1.29, 1.82) is 0 Å². The van der Waals surface area contributed by atoms with Gasteiger partial charge < -0.3 is 9.80 Å². The number of amides is 3. The molecule has 0 bridgehead atoms. The second-order valence-electron chi connectivity index (χ2n) is 6.94. The molecule has 8 nitrogen and oxygen atoms in total. The minimum absolute atomic E-state index is 0.00883. The number of hydrogen-bond donors (Lipinski definition) is 2. The van der Waals surface area contributed by atoms with E-state index in [0.717, 1.165) is 0 Å². The Kier molecular flexibility index (Phi) is 5.55. The first-order valence-corrected chi connectivity index (χ1v) is 9.63. The summed E-state index contributed by atoms with van der Waals surface area (Å²) in [5.74, 6) is -1.45. The highest BCUT2D eigenvalue weighted by Crippen LogP contribution is 2.26. The Hall–Kier alpha value is -3.53. The second-order valence-corrected chi connectivity index (χ2v) is 7.35. The first kappa shape index (κ1) is 20.7. The molecular weight excluding hydrogens is 430 g/mol. The summed E-state index contributed by atoms with van der Waals surface area (Å²) < 4.78 is 28.2. The zero-order valence-corrected chi connectivity index (χ0v) is 17.0. The number of carbonyl (C=O) groups excluding carboxylic acids is 2. The van der Waals surface area contributed by atoms with Crippen molar-refractivity contribution in [3.63, 3.8) is 0 Å². The molecule has 2 atom stereocenters. The van der Waals surface area contributed by atoms with Gasteiger partial charge in [-0.15, -0.1) is 0 Å². The lowest BCUT2D eigenvalue weighted by atomic mass is 10.1. The molecule has 1 fully saturated rings. The molecule has 1 saturated heterocycles. The Morgan fingerprint density at radius 1 is 1.19 bits per heavy atom. The first-order valence-electron chi connectivity index (χ1n) is 9.25. The number of nitrogens with zero attached hydrogens (tertiary/aromatic N) is 4. The molecule has 2 aromatic carbocycles. The topological polar surface area (TPSA) is 89.4 Å². The summed E-state index contributed by atoms with van der Waals surface area (Å²) in [6.45, 7) is -0.00883. The molecule has 160 valence electrons. The summed E-state index contributed by atoms with van der Waals surface area (Å²) >= 11 is 5.99. The highest BCUT2D eigenvalue weighted by molar-refractivity contribution is 6.33. The Morgan fingerprint density at radius 3 is 2.68 bits per heavy atom. The van der Waals surface area contributed by atoms with Gasteiger partial charge in [-0.2, -0.15) is 5.10 Å². The molecule has 2 aromatic rings. The molecule has 3 amide bonds. The van der Waals surface area contributed by atoms with Crippen LogP contribution in [0.1, 0.15) is 11.1 Å². The number of benzene rings is 2. The molecule has 11 heteroatoms. The van der Waals surface area contributed by atoms with E-state index in [4.69, 9.17) is 11.6 Å². The van der Waals surface area contributed by atoms with Crippen LogP contribution in [-0.4, -0.2) is 53.2 Å². The van der Waals surface area contributed by atoms with Crippen molar-refractivity contribution in [3.05, 3.63) is 70.2 Å². The lowest BCUT2D eigenvalue weighted by Gasteiger charge is -2.36. The predicted molar refractivity (Wildman–Crippen MR) is 110 cm³/mol. The number of guanidine groups is 1. The minimum Gasteiger partial charge on any atom is -0.321 e. The van der Waals surface area contributed by atoms with Crippen molar-refractivity contribution < 1.29 is 18.4 Å². The molecule has 0 aromatic heterocycles. The maximum atomic E-state index is 14.3. The number of rotatable bonds is 4. The maximum absolute atomic E-state index is 14.3. The van der Waals surface area contributed by atoms with Crippen molar-refractivity contribution in [3.8, 4) is 0 Å². The van der Waals surface area contributed by atoms with Crippen LogP contribution in [0.4, 0.5) is 13.6 Å². The van der Waals surface area contributed by atoms with Crippen molar-refractivity contribution >= 4 is 35.7 Å². The average molecular weight is 447 g/mol. The average Bonchev–Trinajstić information content (AvgIpc) is 3.09. The fourth-order valence-electron chi connectivity index (χ4n) is 3.39. The summed E-state index contributed by atoms with van der Waals surface area (Å²) in [4.78, 5) is 31.7. The van der Waals surface area contributed by atoms with E-state index in [0.29, 0.717) is 5.56 Å². The van der Waals surface area contributed by atoms with E-state index in [1.165, 1.54) is 47.3 Å². The molecular formula is C20H17ClF2N6O2. The number of imide groups is 1. The van der Waals surface area contributed by atoms with Gasteiger partial charge in [0.1, 0.15) is 11.6 Å². The van der Waals surface area contributed by atoms with Crippen molar-refractivity contribution in [2.75, 3.05) is 7.05 Å². The number of halogens is 3. The quantitative estimate of drug-likeness (QED) is 0.557. The summed E-state index contributed by atoms with van der Waals surface area (Å²) in [5, 5.41) is 6.41. The van der Waals surface area contributed by atoms with Crippen LogP contribution in [0.5, 0.6) is 0 Å². The van der Waals surface area contributed by atoms with Crippen LogP contribution in [0.25, 0.3) is 0 Å². The minimum atomic E-state index is -0.892. The zero-order valence-electron chi connectivity index (χ0n) is 16.2. The molecule has 0 spiro atoms. The van der Waals surface area contributed by atoms with E-state index < -0.39 is 35.8 Å². The molecule has 0 saturated carbocycles. The Labute approximate surface area is 181 Å². The molecule has 2 aliphatic rings. The second kappa shape index (κ2) is 8.31. The van der Waals surface area contributed by atoms with Gasteiger partial charge in [0, 0.05) is 24.7 Å². The van der Waals surface area contributed by atoms with Crippen LogP contribution in [0.15, 0.2) is 52.6 Å². The number of fused-ring (bicyclic) bond motifs is 1.